The molecule has 0 radical (unpaired) electrons. The first kappa shape index (κ1) is 14.3. The molecule has 0 bridgehead atoms. The second-order valence-electron chi connectivity index (χ2n) is 4.69. The standard InChI is InChI=1S/C12H19ClO4/c1-6-7(2)12(17-9(4)15)11(5-10(6)13)16-8(3)14/h6-7,10-12H,5H2,1-4H3/t6-,7+,10-,11-,12-/m1/s1. The second kappa shape index (κ2) is 5.71. The van der Waals surface area contributed by atoms with Gasteiger partial charge in [-0.05, 0) is 5.92 Å². The molecule has 1 aliphatic rings. The van der Waals surface area contributed by atoms with Gasteiger partial charge in [0, 0.05) is 31.6 Å². The van der Waals surface area contributed by atoms with E-state index in [-0.39, 0.29) is 29.2 Å². The predicted molar refractivity (Wildman–Crippen MR) is 63.7 cm³/mol. The number of rotatable bonds is 2. The summed E-state index contributed by atoms with van der Waals surface area (Å²) < 4.78 is 10.5. The maximum Gasteiger partial charge on any atom is 0.303 e. The average molecular weight is 263 g/mol. The molecular formula is C12H19ClO4. The third-order valence-electron chi connectivity index (χ3n) is 3.36. The van der Waals surface area contributed by atoms with Gasteiger partial charge >= 0.3 is 11.9 Å². The van der Waals surface area contributed by atoms with Gasteiger partial charge in [0.05, 0.1) is 0 Å². The minimum absolute atomic E-state index is 0.0684. The fourth-order valence-electron chi connectivity index (χ4n) is 2.24. The van der Waals surface area contributed by atoms with Crippen LogP contribution in [0.4, 0.5) is 0 Å². The van der Waals surface area contributed by atoms with Crippen LogP contribution in [0.2, 0.25) is 0 Å². The van der Waals surface area contributed by atoms with E-state index in [4.69, 9.17) is 21.1 Å². The zero-order valence-corrected chi connectivity index (χ0v) is 11.4. The summed E-state index contributed by atoms with van der Waals surface area (Å²) in [5.41, 5.74) is 0. The minimum atomic E-state index is -0.440. The molecule has 0 aliphatic heterocycles. The van der Waals surface area contributed by atoms with Gasteiger partial charge in [-0.1, -0.05) is 13.8 Å². The van der Waals surface area contributed by atoms with Crippen molar-refractivity contribution in [2.24, 2.45) is 11.8 Å². The van der Waals surface area contributed by atoms with Crippen LogP contribution in [0.15, 0.2) is 0 Å². The van der Waals surface area contributed by atoms with Crippen molar-refractivity contribution in [3.05, 3.63) is 0 Å². The van der Waals surface area contributed by atoms with Crippen molar-refractivity contribution in [1.82, 2.24) is 0 Å². The van der Waals surface area contributed by atoms with Crippen molar-refractivity contribution in [2.75, 3.05) is 0 Å². The summed E-state index contributed by atoms with van der Waals surface area (Å²) in [6.45, 7) is 6.68. The van der Waals surface area contributed by atoms with Gasteiger partial charge in [-0.25, -0.2) is 0 Å². The second-order valence-corrected chi connectivity index (χ2v) is 5.25. The van der Waals surface area contributed by atoms with Gasteiger partial charge in [0.25, 0.3) is 0 Å². The number of hydrogen-bond acceptors (Lipinski definition) is 4. The Kier molecular flexibility index (Phi) is 4.80. The Hall–Kier alpha value is -0.770. The van der Waals surface area contributed by atoms with Gasteiger partial charge in [-0.15, -0.1) is 11.6 Å². The van der Waals surface area contributed by atoms with E-state index in [9.17, 15) is 9.59 Å². The Morgan fingerprint density at radius 2 is 1.59 bits per heavy atom. The van der Waals surface area contributed by atoms with Crippen molar-refractivity contribution in [3.8, 4) is 0 Å². The summed E-state index contributed by atoms with van der Waals surface area (Å²) in [4.78, 5) is 22.1. The Bertz CT molecular complexity index is 305. The summed E-state index contributed by atoms with van der Waals surface area (Å²) in [6, 6.07) is 0. The lowest BCUT2D eigenvalue weighted by Gasteiger charge is -2.41. The van der Waals surface area contributed by atoms with Crippen molar-refractivity contribution in [1.29, 1.82) is 0 Å². The quantitative estimate of drug-likeness (QED) is 0.565. The van der Waals surface area contributed by atoms with E-state index in [1.807, 2.05) is 13.8 Å². The van der Waals surface area contributed by atoms with E-state index in [1.165, 1.54) is 13.8 Å². The lowest BCUT2D eigenvalue weighted by molar-refractivity contribution is -0.176. The molecule has 0 N–H and O–H groups in total. The molecule has 0 aromatic heterocycles. The molecule has 5 heteroatoms. The molecule has 0 aromatic carbocycles. The summed E-state index contributed by atoms with van der Waals surface area (Å²) in [5, 5.41) is -0.0684. The molecular weight excluding hydrogens is 244 g/mol. The number of carbonyl (C=O) groups excluding carboxylic acids is 2. The normalized spacial score (nSPS) is 37.4. The van der Waals surface area contributed by atoms with Crippen LogP contribution in [0, 0.1) is 11.8 Å². The molecule has 5 atom stereocenters. The van der Waals surface area contributed by atoms with Crippen LogP contribution in [0.3, 0.4) is 0 Å². The molecule has 1 saturated carbocycles. The molecule has 1 aliphatic carbocycles. The van der Waals surface area contributed by atoms with Crippen LogP contribution in [0.25, 0.3) is 0 Å². The third kappa shape index (κ3) is 3.60. The van der Waals surface area contributed by atoms with Crippen molar-refractivity contribution >= 4 is 23.5 Å². The van der Waals surface area contributed by atoms with E-state index < -0.39 is 12.2 Å². The lowest BCUT2D eigenvalue weighted by Crippen LogP contribution is -2.49. The van der Waals surface area contributed by atoms with E-state index in [0.717, 1.165) is 0 Å². The van der Waals surface area contributed by atoms with Gasteiger partial charge in [-0.2, -0.15) is 0 Å². The molecule has 0 saturated heterocycles. The van der Waals surface area contributed by atoms with E-state index in [2.05, 4.69) is 0 Å². The van der Waals surface area contributed by atoms with E-state index >= 15 is 0 Å². The highest BCUT2D eigenvalue weighted by Gasteiger charge is 2.43. The van der Waals surface area contributed by atoms with Gasteiger partial charge in [0.1, 0.15) is 12.2 Å². The van der Waals surface area contributed by atoms with Crippen molar-refractivity contribution in [2.45, 2.75) is 51.7 Å². The molecule has 98 valence electrons. The summed E-state index contributed by atoms with van der Waals surface area (Å²) in [6.07, 6.45) is -0.323. The molecule has 1 fully saturated rings. The van der Waals surface area contributed by atoms with Gasteiger partial charge in [-0.3, -0.25) is 9.59 Å². The van der Waals surface area contributed by atoms with Crippen LogP contribution in [-0.4, -0.2) is 29.5 Å². The maximum atomic E-state index is 11.1. The molecule has 0 aromatic rings. The zero-order valence-electron chi connectivity index (χ0n) is 10.6. The van der Waals surface area contributed by atoms with Crippen LogP contribution < -0.4 is 0 Å². The Morgan fingerprint density at radius 1 is 1.06 bits per heavy atom. The molecule has 0 heterocycles. The molecule has 0 amide bonds. The summed E-state index contributed by atoms with van der Waals surface area (Å²) in [7, 11) is 0. The molecule has 0 spiro atoms. The van der Waals surface area contributed by atoms with Crippen LogP contribution >= 0.6 is 11.6 Å². The van der Waals surface area contributed by atoms with Gasteiger partial charge < -0.3 is 9.47 Å². The third-order valence-corrected chi connectivity index (χ3v) is 3.94. The highest BCUT2D eigenvalue weighted by molar-refractivity contribution is 6.20. The highest BCUT2D eigenvalue weighted by Crippen LogP contribution is 2.36. The average Bonchev–Trinajstić information content (AvgIpc) is 2.20. The number of ether oxygens (including phenoxy) is 2. The monoisotopic (exact) mass is 262 g/mol. The smallest absolute Gasteiger partial charge is 0.303 e. The Labute approximate surface area is 107 Å². The topological polar surface area (TPSA) is 52.6 Å². The van der Waals surface area contributed by atoms with Crippen molar-refractivity contribution < 1.29 is 19.1 Å². The number of hydrogen-bond donors (Lipinski definition) is 0. The Morgan fingerprint density at radius 3 is 2.06 bits per heavy atom. The minimum Gasteiger partial charge on any atom is -0.459 e. The maximum absolute atomic E-state index is 11.1. The first-order valence-electron chi connectivity index (χ1n) is 5.81. The SMILES string of the molecule is CC(=O)O[C@@H]1[C@@H](C)[C@@H](C)[C@H](Cl)C[C@H]1OC(C)=O. The number of carbonyl (C=O) groups is 2. The van der Waals surface area contributed by atoms with Crippen molar-refractivity contribution in [3.63, 3.8) is 0 Å². The van der Waals surface area contributed by atoms with Crippen LogP contribution in [0.1, 0.15) is 34.1 Å². The van der Waals surface area contributed by atoms with E-state index in [0.29, 0.717) is 6.42 Å². The highest BCUT2D eigenvalue weighted by atomic mass is 35.5. The zero-order chi connectivity index (χ0) is 13.2. The first-order valence-corrected chi connectivity index (χ1v) is 6.25. The van der Waals surface area contributed by atoms with Gasteiger partial charge in [0.15, 0.2) is 0 Å². The number of halogens is 1. The number of alkyl halides is 1. The fraction of sp³-hybridized carbons (Fsp3) is 0.833. The fourth-order valence-corrected chi connectivity index (χ4v) is 2.65. The van der Waals surface area contributed by atoms with Crippen LogP contribution in [-0.2, 0) is 19.1 Å². The number of esters is 2. The molecule has 0 unspecified atom stereocenters. The van der Waals surface area contributed by atoms with E-state index in [1.54, 1.807) is 0 Å². The largest absolute Gasteiger partial charge is 0.459 e. The summed E-state index contributed by atoms with van der Waals surface area (Å²) >= 11 is 6.21. The molecule has 1 rings (SSSR count). The molecule has 17 heavy (non-hydrogen) atoms. The lowest BCUT2D eigenvalue weighted by atomic mass is 9.77. The predicted octanol–water partition coefficient (Wildman–Crippen LogP) is 2.13. The Balaban J connectivity index is 2.82. The van der Waals surface area contributed by atoms with Crippen LogP contribution in [0.5, 0.6) is 0 Å². The molecule has 4 nitrogen and oxygen atoms in total. The summed E-state index contributed by atoms with van der Waals surface area (Å²) in [5.74, 6) is -0.454. The van der Waals surface area contributed by atoms with Gasteiger partial charge in [0.2, 0.25) is 0 Å². The first-order chi connectivity index (χ1) is 7.82.